The molecule has 0 heterocycles. The summed E-state index contributed by atoms with van der Waals surface area (Å²) in [6.45, 7) is 2.07. The van der Waals surface area contributed by atoms with E-state index >= 15 is 0 Å². The van der Waals surface area contributed by atoms with Crippen LogP contribution in [0.15, 0.2) is 18.2 Å². The molecular formula is C14H18N2O5. The minimum absolute atomic E-state index is 0.110. The lowest BCUT2D eigenvalue weighted by molar-refractivity contribution is -0.384. The number of hydrogen-bond acceptors (Lipinski definition) is 5. The molecule has 7 nitrogen and oxygen atoms in total. The second-order valence-electron chi connectivity index (χ2n) is 4.72. The number of hydrogen-bond donors (Lipinski definition) is 0. The number of methoxy groups -OCH3 is 1. The predicted molar refractivity (Wildman–Crippen MR) is 76.0 cm³/mol. The van der Waals surface area contributed by atoms with Crippen molar-refractivity contribution in [1.82, 2.24) is 4.90 Å². The van der Waals surface area contributed by atoms with Gasteiger partial charge in [0, 0.05) is 37.7 Å². The van der Waals surface area contributed by atoms with Crippen LogP contribution in [0, 0.1) is 17.0 Å². The van der Waals surface area contributed by atoms with Crippen molar-refractivity contribution >= 4 is 17.6 Å². The van der Waals surface area contributed by atoms with Crippen molar-refractivity contribution in [3.63, 3.8) is 0 Å². The number of ether oxygens (including phenoxy) is 1. The zero-order valence-corrected chi connectivity index (χ0v) is 12.3. The Balaban J connectivity index is 2.74. The van der Waals surface area contributed by atoms with Gasteiger partial charge in [-0.3, -0.25) is 19.7 Å². The van der Waals surface area contributed by atoms with E-state index < -0.39 is 4.92 Å². The van der Waals surface area contributed by atoms with Crippen molar-refractivity contribution in [1.29, 1.82) is 0 Å². The first-order chi connectivity index (χ1) is 9.85. The third-order valence-corrected chi connectivity index (χ3v) is 2.97. The summed E-state index contributed by atoms with van der Waals surface area (Å²) in [7, 11) is 2.90. The fraction of sp³-hybridized carbons (Fsp3) is 0.429. The molecule has 0 atom stereocenters. The number of nitrogens with zero attached hydrogens (tertiary/aromatic N) is 2. The van der Waals surface area contributed by atoms with Gasteiger partial charge in [-0.25, -0.2) is 0 Å². The lowest BCUT2D eigenvalue weighted by atomic mass is 10.1. The summed E-state index contributed by atoms with van der Waals surface area (Å²) in [5.74, 6) is -0.645. The third-order valence-electron chi connectivity index (χ3n) is 2.97. The fourth-order valence-corrected chi connectivity index (χ4v) is 1.88. The number of carbonyl (C=O) groups excluding carboxylic acids is 2. The molecule has 7 heteroatoms. The Labute approximate surface area is 122 Å². The Kier molecular flexibility index (Phi) is 5.83. The van der Waals surface area contributed by atoms with Gasteiger partial charge in [-0.15, -0.1) is 0 Å². The molecule has 1 amide bonds. The molecule has 1 rings (SSSR count). The van der Waals surface area contributed by atoms with Crippen molar-refractivity contribution in [3.8, 4) is 0 Å². The molecule has 21 heavy (non-hydrogen) atoms. The largest absolute Gasteiger partial charge is 0.469 e. The van der Waals surface area contributed by atoms with Crippen LogP contribution >= 0.6 is 0 Å². The quantitative estimate of drug-likeness (QED) is 0.454. The van der Waals surface area contributed by atoms with Crippen molar-refractivity contribution in [2.45, 2.75) is 19.8 Å². The number of benzene rings is 1. The number of non-ortho nitro benzene ring substituents is 1. The molecule has 0 aliphatic rings. The summed E-state index contributed by atoms with van der Waals surface area (Å²) in [6.07, 6.45) is 0.699. The molecule has 1 aromatic carbocycles. The molecule has 0 saturated heterocycles. The molecule has 0 saturated carbocycles. The Bertz CT molecular complexity index is 556. The van der Waals surface area contributed by atoms with Crippen LogP contribution in [-0.4, -0.2) is 42.4 Å². The Morgan fingerprint density at radius 3 is 2.57 bits per heavy atom. The molecular weight excluding hydrogens is 276 g/mol. The topological polar surface area (TPSA) is 89.8 Å². The van der Waals surface area contributed by atoms with Crippen LogP contribution in [0.5, 0.6) is 0 Å². The molecule has 114 valence electrons. The highest BCUT2D eigenvalue weighted by Gasteiger charge is 2.16. The van der Waals surface area contributed by atoms with Gasteiger partial charge in [-0.2, -0.15) is 0 Å². The number of esters is 1. The maximum atomic E-state index is 12.2. The zero-order valence-electron chi connectivity index (χ0n) is 12.3. The SMILES string of the molecule is COC(=O)CCCN(C)C(=O)c1cc(C)cc([N+](=O)[O-])c1. The lowest BCUT2D eigenvalue weighted by Gasteiger charge is -2.17. The van der Waals surface area contributed by atoms with Crippen LogP contribution in [0.2, 0.25) is 0 Å². The van der Waals surface area contributed by atoms with E-state index in [0.717, 1.165) is 0 Å². The maximum absolute atomic E-state index is 12.2. The van der Waals surface area contributed by atoms with Gasteiger partial charge in [0.25, 0.3) is 11.6 Å². The van der Waals surface area contributed by atoms with Crippen LogP contribution < -0.4 is 0 Å². The zero-order chi connectivity index (χ0) is 16.0. The van der Waals surface area contributed by atoms with Crippen molar-refractivity contribution in [3.05, 3.63) is 39.4 Å². The van der Waals surface area contributed by atoms with Crippen LogP contribution in [0.1, 0.15) is 28.8 Å². The van der Waals surface area contributed by atoms with Gasteiger partial charge in [0.1, 0.15) is 0 Å². The molecule has 0 spiro atoms. The van der Waals surface area contributed by atoms with Gasteiger partial charge in [0.2, 0.25) is 0 Å². The second-order valence-corrected chi connectivity index (χ2v) is 4.72. The molecule has 0 aromatic heterocycles. The molecule has 0 bridgehead atoms. The number of nitro groups is 1. The minimum atomic E-state index is -0.527. The van der Waals surface area contributed by atoms with E-state index in [1.807, 2.05) is 0 Å². The molecule has 1 aromatic rings. The van der Waals surface area contributed by atoms with E-state index in [1.54, 1.807) is 20.0 Å². The van der Waals surface area contributed by atoms with E-state index in [0.29, 0.717) is 18.5 Å². The van der Waals surface area contributed by atoms with Gasteiger partial charge in [-0.05, 0) is 25.0 Å². The maximum Gasteiger partial charge on any atom is 0.305 e. The fourth-order valence-electron chi connectivity index (χ4n) is 1.88. The van der Waals surface area contributed by atoms with E-state index in [1.165, 1.54) is 24.1 Å². The lowest BCUT2D eigenvalue weighted by Crippen LogP contribution is -2.28. The van der Waals surface area contributed by atoms with E-state index in [2.05, 4.69) is 4.74 Å². The highest BCUT2D eigenvalue weighted by molar-refractivity contribution is 5.94. The summed E-state index contributed by atoms with van der Waals surface area (Å²) in [5.41, 5.74) is 0.805. The summed E-state index contributed by atoms with van der Waals surface area (Å²) in [5, 5.41) is 10.8. The Hall–Kier alpha value is -2.44. The molecule has 0 N–H and O–H groups in total. The predicted octanol–water partition coefficient (Wildman–Crippen LogP) is 1.93. The average Bonchev–Trinajstić information content (AvgIpc) is 2.45. The molecule has 0 radical (unpaired) electrons. The van der Waals surface area contributed by atoms with E-state index in [4.69, 9.17) is 0 Å². The van der Waals surface area contributed by atoms with Gasteiger partial charge >= 0.3 is 5.97 Å². The standard InChI is InChI=1S/C14H18N2O5/c1-10-7-11(9-12(8-10)16(19)20)14(18)15(2)6-4-5-13(17)21-3/h7-9H,4-6H2,1-3H3. The number of rotatable bonds is 6. The molecule has 0 aliphatic carbocycles. The average molecular weight is 294 g/mol. The van der Waals surface area contributed by atoms with E-state index in [-0.39, 0.29) is 29.5 Å². The van der Waals surface area contributed by atoms with Crippen molar-refractivity contribution in [2.24, 2.45) is 0 Å². The number of amides is 1. The van der Waals surface area contributed by atoms with Crippen LogP contribution in [0.3, 0.4) is 0 Å². The Morgan fingerprint density at radius 2 is 2.00 bits per heavy atom. The first kappa shape index (κ1) is 16.6. The first-order valence-electron chi connectivity index (χ1n) is 6.43. The number of aryl methyl sites for hydroxylation is 1. The van der Waals surface area contributed by atoms with Crippen LogP contribution in [-0.2, 0) is 9.53 Å². The summed E-state index contributed by atoms with van der Waals surface area (Å²) >= 11 is 0. The second kappa shape index (κ2) is 7.37. The molecule has 0 fully saturated rings. The Morgan fingerprint density at radius 1 is 1.33 bits per heavy atom. The highest BCUT2D eigenvalue weighted by atomic mass is 16.6. The van der Waals surface area contributed by atoms with Gasteiger partial charge < -0.3 is 9.64 Å². The summed E-state index contributed by atoms with van der Waals surface area (Å²) in [6, 6.07) is 4.27. The third kappa shape index (κ3) is 4.87. The van der Waals surface area contributed by atoms with Gasteiger partial charge in [-0.1, -0.05) is 0 Å². The minimum Gasteiger partial charge on any atom is -0.469 e. The number of carbonyl (C=O) groups is 2. The monoisotopic (exact) mass is 294 g/mol. The first-order valence-corrected chi connectivity index (χ1v) is 6.43. The van der Waals surface area contributed by atoms with Gasteiger partial charge in [0.05, 0.1) is 12.0 Å². The van der Waals surface area contributed by atoms with Crippen molar-refractivity contribution in [2.75, 3.05) is 20.7 Å². The smallest absolute Gasteiger partial charge is 0.305 e. The molecule has 0 aliphatic heterocycles. The normalized spacial score (nSPS) is 10.0. The highest BCUT2D eigenvalue weighted by Crippen LogP contribution is 2.18. The van der Waals surface area contributed by atoms with Gasteiger partial charge in [0.15, 0.2) is 0 Å². The van der Waals surface area contributed by atoms with Crippen molar-refractivity contribution < 1.29 is 19.2 Å². The summed E-state index contributed by atoms with van der Waals surface area (Å²) in [4.78, 5) is 34.9. The number of nitro benzene ring substituents is 1. The summed E-state index contributed by atoms with van der Waals surface area (Å²) < 4.78 is 4.52. The molecule has 0 unspecified atom stereocenters. The van der Waals surface area contributed by atoms with Crippen LogP contribution in [0.25, 0.3) is 0 Å². The van der Waals surface area contributed by atoms with Crippen LogP contribution in [0.4, 0.5) is 5.69 Å². The van der Waals surface area contributed by atoms with E-state index in [9.17, 15) is 19.7 Å².